The largest absolute Gasteiger partial charge is 0.386 e. The Kier molecular flexibility index (Phi) is 7.74. The fourth-order valence-electron chi connectivity index (χ4n) is 1.09. The van der Waals surface area contributed by atoms with Gasteiger partial charge in [-0.05, 0) is 12.1 Å². The number of nitrogens with two attached hydrogens (primary N) is 1. The first kappa shape index (κ1) is 16.7. The molecule has 0 fully saturated rings. The Morgan fingerprint density at radius 3 is 2.76 bits per heavy atom. The SMILES string of the molecule is CC(CN)C(=O)NCC(O)c1ccc(Cl)s1.Cl. The van der Waals surface area contributed by atoms with Gasteiger partial charge in [0, 0.05) is 23.9 Å². The van der Waals surface area contributed by atoms with E-state index in [2.05, 4.69) is 5.32 Å². The van der Waals surface area contributed by atoms with Crippen molar-refractivity contribution in [2.45, 2.75) is 13.0 Å². The zero-order chi connectivity index (χ0) is 12.1. The minimum atomic E-state index is -0.716. The van der Waals surface area contributed by atoms with E-state index in [1.54, 1.807) is 19.1 Å². The molecule has 0 saturated carbocycles. The van der Waals surface area contributed by atoms with Crippen molar-refractivity contribution in [3.63, 3.8) is 0 Å². The van der Waals surface area contributed by atoms with Crippen molar-refractivity contribution in [1.29, 1.82) is 0 Å². The Morgan fingerprint density at radius 2 is 2.29 bits per heavy atom. The molecule has 98 valence electrons. The monoisotopic (exact) mass is 298 g/mol. The summed E-state index contributed by atoms with van der Waals surface area (Å²) in [5.41, 5.74) is 5.36. The molecule has 0 spiro atoms. The third-order valence-corrected chi connectivity index (χ3v) is 3.53. The van der Waals surface area contributed by atoms with E-state index in [9.17, 15) is 9.90 Å². The van der Waals surface area contributed by atoms with Gasteiger partial charge < -0.3 is 16.2 Å². The zero-order valence-corrected chi connectivity index (χ0v) is 11.7. The van der Waals surface area contributed by atoms with Crippen LogP contribution in [0.15, 0.2) is 12.1 Å². The van der Waals surface area contributed by atoms with Crippen molar-refractivity contribution < 1.29 is 9.90 Å². The molecule has 1 amide bonds. The van der Waals surface area contributed by atoms with Crippen LogP contribution in [0.25, 0.3) is 0 Å². The minimum absolute atomic E-state index is 0. The smallest absolute Gasteiger partial charge is 0.224 e. The lowest BCUT2D eigenvalue weighted by atomic mass is 10.1. The van der Waals surface area contributed by atoms with Gasteiger partial charge in [-0.25, -0.2) is 0 Å². The molecule has 0 aliphatic rings. The summed E-state index contributed by atoms with van der Waals surface area (Å²) in [5.74, 6) is -0.386. The Labute approximate surface area is 116 Å². The van der Waals surface area contributed by atoms with Gasteiger partial charge in [0.15, 0.2) is 0 Å². The van der Waals surface area contributed by atoms with Gasteiger partial charge in [0.2, 0.25) is 5.91 Å². The van der Waals surface area contributed by atoms with Crippen LogP contribution >= 0.6 is 35.3 Å². The average Bonchev–Trinajstić information content (AvgIpc) is 2.71. The number of hydrogen-bond acceptors (Lipinski definition) is 4. The van der Waals surface area contributed by atoms with Crippen molar-refractivity contribution in [2.75, 3.05) is 13.1 Å². The molecule has 0 saturated heterocycles. The lowest BCUT2D eigenvalue weighted by Crippen LogP contribution is -2.35. The van der Waals surface area contributed by atoms with Crippen molar-refractivity contribution in [2.24, 2.45) is 11.7 Å². The van der Waals surface area contributed by atoms with Crippen LogP contribution in [0.3, 0.4) is 0 Å². The lowest BCUT2D eigenvalue weighted by Gasteiger charge is -2.12. The van der Waals surface area contributed by atoms with E-state index in [-0.39, 0.29) is 30.8 Å². The molecule has 0 aliphatic carbocycles. The molecule has 0 aliphatic heterocycles. The van der Waals surface area contributed by atoms with E-state index in [0.717, 1.165) is 4.88 Å². The lowest BCUT2D eigenvalue weighted by molar-refractivity contribution is -0.124. The summed E-state index contributed by atoms with van der Waals surface area (Å²) in [6, 6.07) is 3.46. The summed E-state index contributed by atoms with van der Waals surface area (Å²) in [6.45, 7) is 2.22. The van der Waals surface area contributed by atoms with E-state index in [1.807, 2.05) is 0 Å². The molecule has 2 atom stereocenters. The average molecular weight is 299 g/mol. The second-order valence-electron chi connectivity index (χ2n) is 3.54. The van der Waals surface area contributed by atoms with Crippen molar-refractivity contribution in [3.8, 4) is 0 Å². The van der Waals surface area contributed by atoms with E-state index in [1.165, 1.54) is 11.3 Å². The van der Waals surface area contributed by atoms with E-state index >= 15 is 0 Å². The van der Waals surface area contributed by atoms with Crippen LogP contribution in [0, 0.1) is 5.92 Å². The fourth-order valence-corrected chi connectivity index (χ4v) is 2.13. The minimum Gasteiger partial charge on any atom is -0.386 e. The Morgan fingerprint density at radius 1 is 1.65 bits per heavy atom. The number of aliphatic hydroxyl groups is 1. The van der Waals surface area contributed by atoms with Gasteiger partial charge in [-0.2, -0.15) is 0 Å². The maximum Gasteiger partial charge on any atom is 0.224 e. The number of carbonyl (C=O) groups is 1. The summed E-state index contributed by atoms with van der Waals surface area (Å²) in [6.07, 6.45) is -0.716. The molecule has 0 bridgehead atoms. The van der Waals surface area contributed by atoms with Crippen molar-refractivity contribution in [3.05, 3.63) is 21.3 Å². The Bertz CT molecular complexity index is 360. The number of nitrogens with one attached hydrogen (secondary N) is 1. The maximum atomic E-state index is 11.4. The second-order valence-corrected chi connectivity index (χ2v) is 5.29. The highest BCUT2D eigenvalue weighted by molar-refractivity contribution is 7.16. The third kappa shape index (κ3) is 5.23. The topological polar surface area (TPSA) is 75.4 Å². The fraction of sp³-hybridized carbons (Fsp3) is 0.500. The highest BCUT2D eigenvalue weighted by Gasteiger charge is 2.14. The van der Waals surface area contributed by atoms with Gasteiger partial charge >= 0.3 is 0 Å². The molecular formula is C10H16Cl2N2O2S. The van der Waals surface area contributed by atoms with Gasteiger partial charge in [-0.3, -0.25) is 4.79 Å². The molecular weight excluding hydrogens is 283 g/mol. The van der Waals surface area contributed by atoms with Crippen LogP contribution in [0.5, 0.6) is 0 Å². The first-order valence-corrected chi connectivity index (χ1v) is 6.15. The molecule has 0 aromatic carbocycles. The van der Waals surface area contributed by atoms with Gasteiger partial charge in [0.05, 0.1) is 4.34 Å². The van der Waals surface area contributed by atoms with E-state index in [0.29, 0.717) is 10.9 Å². The molecule has 1 aromatic rings. The number of amides is 1. The summed E-state index contributed by atoms with van der Waals surface area (Å²) < 4.78 is 0.621. The molecule has 2 unspecified atom stereocenters. The number of hydrogen-bond donors (Lipinski definition) is 3. The first-order chi connectivity index (χ1) is 7.54. The highest BCUT2D eigenvalue weighted by atomic mass is 35.5. The summed E-state index contributed by atoms with van der Waals surface area (Å²) in [4.78, 5) is 12.1. The number of halogens is 2. The zero-order valence-electron chi connectivity index (χ0n) is 9.35. The molecule has 4 N–H and O–H groups in total. The van der Waals surface area contributed by atoms with E-state index < -0.39 is 6.10 Å². The number of thiophene rings is 1. The van der Waals surface area contributed by atoms with Crippen LogP contribution in [0.2, 0.25) is 4.34 Å². The molecule has 1 heterocycles. The molecule has 17 heavy (non-hydrogen) atoms. The quantitative estimate of drug-likeness (QED) is 0.772. The van der Waals surface area contributed by atoms with Gasteiger partial charge in [0.1, 0.15) is 6.10 Å². The van der Waals surface area contributed by atoms with Gasteiger partial charge in [-0.15, -0.1) is 23.7 Å². The standard InChI is InChI=1S/C10H15ClN2O2S.ClH/c1-6(4-12)10(15)13-5-7(14)8-2-3-9(11)16-8;/h2-3,6-7,14H,4-5,12H2,1H3,(H,13,15);1H. The normalized spacial score (nSPS) is 13.6. The first-order valence-electron chi connectivity index (χ1n) is 4.95. The van der Waals surface area contributed by atoms with Crippen LogP contribution in [0.4, 0.5) is 0 Å². The van der Waals surface area contributed by atoms with Crippen molar-refractivity contribution in [1.82, 2.24) is 5.32 Å². The summed E-state index contributed by atoms with van der Waals surface area (Å²) >= 11 is 7.04. The molecule has 7 heteroatoms. The maximum absolute atomic E-state index is 11.4. The van der Waals surface area contributed by atoms with Crippen LogP contribution in [-0.4, -0.2) is 24.1 Å². The Hall–Kier alpha value is -0.330. The predicted octanol–water partition coefficient (Wildman–Crippen LogP) is 1.57. The second kappa shape index (κ2) is 7.89. The Balaban J connectivity index is 0.00000256. The van der Waals surface area contributed by atoms with E-state index in [4.69, 9.17) is 17.3 Å². The highest BCUT2D eigenvalue weighted by Crippen LogP contribution is 2.26. The van der Waals surface area contributed by atoms with Crippen LogP contribution in [-0.2, 0) is 4.79 Å². The van der Waals surface area contributed by atoms with Crippen LogP contribution in [0.1, 0.15) is 17.9 Å². The summed E-state index contributed by atoms with van der Waals surface area (Å²) in [5, 5.41) is 12.4. The molecule has 1 aromatic heterocycles. The number of aliphatic hydroxyl groups excluding tert-OH is 1. The molecule has 1 rings (SSSR count). The van der Waals surface area contributed by atoms with Gasteiger partial charge in [0.25, 0.3) is 0 Å². The van der Waals surface area contributed by atoms with Crippen molar-refractivity contribution >= 4 is 41.3 Å². The third-order valence-electron chi connectivity index (χ3n) is 2.19. The summed E-state index contributed by atoms with van der Waals surface area (Å²) in [7, 11) is 0. The number of carbonyl (C=O) groups excluding carboxylic acids is 1. The predicted molar refractivity (Wildman–Crippen MR) is 72.8 cm³/mol. The van der Waals surface area contributed by atoms with Gasteiger partial charge in [-0.1, -0.05) is 18.5 Å². The molecule has 0 radical (unpaired) electrons. The van der Waals surface area contributed by atoms with Crippen LogP contribution < -0.4 is 11.1 Å². The molecule has 4 nitrogen and oxygen atoms in total. The number of rotatable bonds is 5.